The summed E-state index contributed by atoms with van der Waals surface area (Å²) in [5.74, 6) is 0.157. The van der Waals surface area contributed by atoms with Gasteiger partial charge in [0.1, 0.15) is 11.5 Å². The molecule has 0 amide bonds. The molecule has 18 heavy (non-hydrogen) atoms. The Morgan fingerprint density at radius 1 is 0.833 bits per heavy atom. The second-order valence-corrected chi connectivity index (χ2v) is 3.03. The minimum Gasteiger partial charge on any atom is -0.505 e. The first kappa shape index (κ1) is 17.6. The fourth-order valence-corrected chi connectivity index (χ4v) is 1.14. The predicted molar refractivity (Wildman–Crippen MR) is 58.2 cm³/mol. The van der Waals surface area contributed by atoms with Crippen molar-refractivity contribution in [3.8, 4) is 11.5 Å². The Labute approximate surface area is 149 Å². The van der Waals surface area contributed by atoms with E-state index in [4.69, 9.17) is 0 Å². The smallest absolute Gasteiger partial charge is 0.505 e. The van der Waals surface area contributed by atoms with E-state index in [1.807, 2.05) is 0 Å². The fourth-order valence-electron chi connectivity index (χ4n) is 1.14. The molecule has 0 saturated carbocycles. The van der Waals surface area contributed by atoms with Crippen molar-refractivity contribution in [3.63, 3.8) is 0 Å². The number of hydrogen-bond donors (Lipinski definition) is 2. The van der Waals surface area contributed by atoms with Crippen molar-refractivity contribution in [1.82, 2.24) is 4.98 Å². The van der Waals surface area contributed by atoms with E-state index in [1.54, 1.807) is 24.4 Å². The van der Waals surface area contributed by atoms with Crippen LogP contribution >= 0.6 is 0 Å². The van der Waals surface area contributed by atoms with Crippen molar-refractivity contribution in [3.05, 3.63) is 42.6 Å². The number of hydrogen-bond acceptors (Lipinski definition) is 5. The van der Waals surface area contributed by atoms with Gasteiger partial charge in [0.2, 0.25) is 0 Å². The number of pyridine rings is 1. The maximum absolute atomic E-state index is 9.44. The molecule has 2 rings (SSSR count). The molecule has 1 heterocycles. The summed E-state index contributed by atoms with van der Waals surface area (Å²) in [4.78, 5) is 3.93. The van der Waals surface area contributed by atoms with Crippen LogP contribution < -0.4 is 59.1 Å². The Kier molecular flexibility index (Phi) is 8.43. The number of azo groups is 1. The van der Waals surface area contributed by atoms with E-state index >= 15 is 0 Å². The van der Waals surface area contributed by atoms with Crippen LogP contribution in [0.5, 0.6) is 11.5 Å². The molecule has 0 bridgehead atoms. The first-order valence-electron chi connectivity index (χ1n) is 4.61. The maximum atomic E-state index is 9.44. The van der Waals surface area contributed by atoms with Gasteiger partial charge in [0.05, 0.1) is 0 Å². The molecule has 0 radical (unpaired) electrons. The molecule has 1 aromatic carbocycles. The quantitative estimate of drug-likeness (QED) is 0.444. The first-order valence-corrected chi connectivity index (χ1v) is 4.61. The SMILES string of the molecule is Oc1cccc(O)c1N=Nc1ccccn1.[Na+].[Na+]. The van der Waals surface area contributed by atoms with Crippen molar-refractivity contribution in [2.24, 2.45) is 10.2 Å². The largest absolute Gasteiger partial charge is 1.00 e. The van der Waals surface area contributed by atoms with E-state index in [0.29, 0.717) is 5.82 Å². The summed E-state index contributed by atoms with van der Waals surface area (Å²) >= 11 is 0. The van der Waals surface area contributed by atoms with Crippen molar-refractivity contribution in [2.75, 3.05) is 0 Å². The van der Waals surface area contributed by atoms with Crippen molar-refractivity contribution in [1.29, 1.82) is 0 Å². The van der Waals surface area contributed by atoms with E-state index in [0.717, 1.165) is 0 Å². The molecule has 0 aliphatic carbocycles. The molecule has 0 saturated heterocycles. The van der Waals surface area contributed by atoms with Crippen LogP contribution in [0.2, 0.25) is 0 Å². The third kappa shape index (κ3) is 4.68. The van der Waals surface area contributed by atoms with Gasteiger partial charge in [0.25, 0.3) is 0 Å². The summed E-state index contributed by atoms with van der Waals surface area (Å²) in [5.41, 5.74) is 0.0353. The number of phenols is 2. The topological polar surface area (TPSA) is 78.1 Å². The molecular weight excluding hydrogens is 252 g/mol. The zero-order chi connectivity index (χ0) is 11.4. The predicted octanol–water partition coefficient (Wildman–Crippen LogP) is -3.08. The van der Waals surface area contributed by atoms with Gasteiger partial charge >= 0.3 is 59.1 Å². The van der Waals surface area contributed by atoms with Crippen LogP contribution in [0.4, 0.5) is 11.5 Å². The molecule has 80 valence electrons. The molecule has 0 fully saturated rings. The van der Waals surface area contributed by atoms with Crippen molar-refractivity contribution in [2.45, 2.75) is 0 Å². The Morgan fingerprint density at radius 3 is 2.06 bits per heavy atom. The number of rotatable bonds is 2. The van der Waals surface area contributed by atoms with Crippen LogP contribution in [0.25, 0.3) is 0 Å². The van der Waals surface area contributed by atoms with Crippen molar-refractivity contribution >= 4 is 11.5 Å². The Hall–Kier alpha value is -0.430. The van der Waals surface area contributed by atoms with Gasteiger partial charge in [-0.15, -0.1) is 10.2 Å². The summed E-state index contributed by atoms with van der Waals surface area (Å²) < 4.78 is 0. The summed E-state index contributed by atoms with van der Waals surface area (Å²) in [5, 5.41) is 26.4. The number of phenolic OH excluding ortho intramolecular Hbond substituents is 2. The molecule has 2 N–H and O–H groups in total. The Bertz CT molecular complexity index is 501. The minimum absolute atomic E-state index is 0. The average molecular weight is 261 g/mol. The van der Waals surface area contributed by atoms with E-state index in [-0.39, 0.29) is 76.3 Å². The zero-order valence-corrected chi connectivity index (χ0v) is 14.3. The van der Waals surface area contributed by atoms with Gasteiger partial charge in [-0.1, -0.05) is 12.1 Å². The molecule has 0 unspecified atom stereocenters. The third-order valence-electron chi connectivity index (χ3n) is 1.90. The second kappa shape index (κ2) is 8.63. The molecule has 0 aliphatic heterocycles. The molecule has 5 nitrogen and oxygen atoms in total. The van der Waals surface area contributed by atoms with Gasteiger partial charge in [0, 0.05) is 6.20 Å². The van der Waals surface area contributed by atoms with Gasteiger partial charge in [-0.05, 0) is 24.3 Å². The normalized spacial score (nSPS) is 9.56. The monoisotopic (exact) mass is 261 g/mol. The van der Waals surface area contributed by atoms with Crippen LogP contribution in [0.15, 0.2) is 52.8 Å². The number of nitrogens with zero attached hydrogens (tertiary/aromatic N) is 3. The fraction of sp³-hybridized carbons (Fsp3) is 0. The molecule has 1 aromatic heterocycles. The summed E-state index contributed by atoms with van der Waals surface area (Å²) in [6.45, 7) is 0. The van der Waals surface area contributed by atoms with E-state index < -0.39 is 0 Å². The van der Waals surface area contributed by atoms with Crippen LogP contribution in [-0.2, 0) is 0 Å². The van der Waals surface area contributed by atoms with Crippen LogP contribution in [-0.4, -0.2) is 15.2 Å². The van der Waals surface area contributed by atoms with Gasteiger partial charge < -0.3 is 10.2 Å². The summed E-state index contributed by atoms with van der Waals surface area (Å²) in [6, 6.07) is 9.56. The standard InChI is InChI=1S/C11H9N3O2.2Na/c15-8-4-3-5-9(16)11(8)14-13-10-6-1-2-7-12-10;;/h1-7,15-16H;;/q;2*+1. The van der Waals surface area contributed by atoms with Gasteiger partial charge in [-0.3, -0.25) is 0 Å². The molecular formula is C11H9N3Na2O2+2. The molecule has 2 aromatic rings. The number of aromatic nitrogens is 1. The summed E-state index contributed by atoms with van der Waals surface area (Å²) in [6.07, 6.45) is 1.58. The maximum Gasteiger partial charge on any atom is 1.00 e. The number of aromatic hydroxyl groups is 2. The van der Waals surface area contributed by atoms with Gasteiger partial charge in [0.15, 0.2) is 11.5 Å². The van der Waals surface area contributed by atoms with Crippen LogP contribution in [0, 0.1) is 0 Å². The van der Waals surface area contributed by atoms with Crippen LogP contribution in [0.3, 0.4) is 0 Å². The summed E-state index contributed by atoms with van der Waals surface area (Å²) in [7, 11) is 0. The van der Waals surface area contributed by atoms with Gasteiger partial charge in [-0.25, -0.2) is 4.98 Å². The molecule has 7 heteroatoms. The number of benzene rings is 1. The van der Waals surface area contributed by atoms with E-state index in [9.17, 15) is 10.2 Å². The average Bonchev–Trinajstić information content (AvgIpc) is 2.30. The van der Waals surface area contributed by atoms with Crippen LogP contribution in [0.1, 0.15) is 0 Å². The Morgan fingerprint density at radius 2 is 1.50 bits per heavy atom. The van der Waals surface area contributed by atoms with Crippen molar-refractivity contribution < 1.29 is 69.3 Å². The first-order chi connectivity index (χ1) is 7.77. The second-order valence-electron chi connectivity index (χ2n) is 3.03. The molecule has 0 atom stereocenters. The molecule has 0 spiro atoms. The Balaban J connectivity index is 0.00000144. The van der Waals surface area contributed by atoms with E-state index in [1.165, 1.54) is 18.2 Å². The minimum atomic E-state index is -0.125. The van der Waals surface area contributed by atoms with Gasteiger partial charge in [-0.2, -0.15) is 0 Å². The van der Waals surface area contributed by atoms with E-state index in [2.05, 4.69) is 15.2 Å². The molecule has 0 aliphatic rings. The zero-order valence-electron chi connectivity index (χ0n) is 10.3. The third-order valence-corrected chi connectivity index (χ3v) is 1.90.